The van der Waals surface area contributed by atoms with Gasteiger partial charge in [0.25, 0.3) is 0 Å². The molecule has 2 aliphatic heterocycles. The van der Waals surface area contributed by atoms with Gasteiger partial charge in [-0.2, -0.15) is 5.10 Å². The van der Waals surface area contributed by atoms with Gasteiger partial charge in [-0.15, -0.1) is 0 Å². The van der Waals surface area contributed by atoms with Crippen LogP contribution in [0.3, 0.4) is 0 Å². The number of fused-ring (bicyclic) bond motifs is 3. The highest BCUT2D eigenvalue weighted by molar-refractivity contribution is 6.04. The summed E-state index contributed by atoms with van der Waals surface area (Å²) in [6.45, 7) is 1.99. The van der Waals surface area contributed by atoms with Crippen LogP contribution in [-0.4, -0.2) is 28.0 Å². The van der Waals surface area contributed by atoms with Crippen LogP contribution in [0.15, 0.2) is 65.8 Å². The van der Waals surface area contributed by atoms with E-state index in [4.69, 9.17) is 14.6 Å². The Balaban J connectivity index is 1.64. The molecule has 6 nitrogen and oxygen atoms in total. The molecule has 2 atom stereocenters. The van der Waals surface area contributed by atoms with Gasteiger partial charge in [-0.25, -0.2) is 5.01 Å². The van der Waals surface area contributed by atoms with Crippen molar-refractivity contribution in [1.82, 2.24) is 5.01 Å². The van der Waals surface area contributed by atoms with Gasteiger partial charge in [-0.1, -0.05) is 23.8 Å². The van der Waals surface area contributed by atoms with Gasteiger partial charge in [0.1, 0.15) is 11.5 Å². The van der Waals surface area contributed by atoms with E-state index >= 15 is 0 Å². The van der Waals surface area contributed by atoms with Crippen LogP contribution < -0.4 is 9.47 Å². The fourth-order valence-electron chi connectivity index (χ4n) is 4.15. The van der Waals surface area contributed by atoms with Crippen LogP contribution in [0.2, 0.25) is 0 Å². The molecule has 0 amide bonds. The van der Waals surface area contributed by atoms with Gasteiger partial charge < -0.3 is 19.7 Å². The second-order valence-corrected chi connectivity index (χ2v) is 7.61. The largest absolute Gasteiger partial charge is 0.508 e. The first-order valence-corrected chi connectivity index (χ1v) is 9.83. The van der Waals surface area contributed by atoms with Crippen LogP contribution in [0.1, 0.15) is 40.9 Å². The van der Waals surface area contributed by atoms with Gasteiger partial charge in [0.2, 0.25) is 6.23 Å². The summed E-state index contributed by atoms with van der Waals surface area (Å²) in [5.74, 6) is 1.78. The Bertz CT molecular complexity index is 1140. The maximum absolute atomic E-state index is 10.4. The summed E-state index contributed by atoms with van der Waals surface area (Å²) in [6, 6.07) is 18.3. The maximum atomic E-state index is 10.4. The van der Waals surface area contributed by atoms with Gasteiger partial charge in [0.05, 0.1) is 18.9 Å². The van der Waals surface area contributed by atoms with Gasteiger partial charge >= 0.3 is 0 Å². The molecule has 0 bridgehead atoms. The van der Waals surface area contributed by atoms with Crippen molar-refractivity contribution in [2.45, 2.75) is 25.6 Å². The standard InChI is InChI=1S/C24H22N2O4/c1-14-6-11-21(28)18(12-14)19-13-20-17-4-3-5-22(29-2)23(17)30-24(26(20)25-19)15-7-9-16(27)10-8-15/h3-12,20,24,27-28H,13H2,1-2H3/t20-,24+/m0/s1. The Hall–Kier alpha value is -3.67. The van der Waals surface area contributed by atoms with Gasteiger partial charge in [-0.3, -0.25) is 0 Å². The molecule has 6 heteroatoms. The summed E-state index contributed by atoms with van der Waals surface area (Å²) >= 11 is 0. The molecule has 0 fully saturated rings. The Labute approximate surface area is 174 Å². The lowest BCUT2D eigenvalue weighted by molar-refractivity contribution is -0.0209. The van der Waals surface area contributed by atoms with Crippen molar-refractivity contribution in [2.24, 2.45) is 5.10 Å². The highest BCUT2D eigenvalue weighted by Crippen LogP contribution is 2.51. The highest BCUT2D eigenvalue weighted by Gasteiger charge is 2.42. The number of phenols is 2. The zero-order valence-electron chi connectivity index (χ0n) is 16.7. The van der Waals surface area contributed by atoms with E-state index < -0.39 is 6.23 Å². The summed E-state index contributed by atoms with van der Waals surface area (Å²) < 4.78 is 11.9. The van der Waals surface area contributed by atoms with Crippen molar-refractivity contribution >= 4 is 5.71 Å². The molecule has 5 rings (SSSR count). The quantitative estimate of drug-likeness (QED) is 0.667. The molecule has 30 heavy (non-hydrogen) atoms. The molecule has 3 aromatic rings. The maximum Gasteiger partial charge on any atom is 0.214 e. The summed E-state index contributed by atoms with van der Waals surface area (Å²) in [5, 5.41) is 27.0. The zero-order chi connectivity index (χ0) is 20.8. The van der Waals surface area contributed by atoms with Crippen LogP contribution >= 0.6 is 0 Å². The average Bonchev–Trinajstić information content (AvgIpc) is 3.20. The van der Waals surface area contributed by atoms with Crippen LogP contribution in [0, 0.1) is 6.92 Å². The number of hydrogen-bond acceptors (Lipinski definition) is 6. The molecule has 0 radical (unpaired) electrons. The fourth-order valence-corrected chi connectivity index (χ4v) is 4.15. The number of rotatable bonds is 3. The van der Waals surface area contributed by atoms with Crippen molar-refractivity contribution in [1.29, 1.82) is 0 Å². The van der Waals surface area contributed by atoms with Crippen LogP contribution in [0.4, 0.5) is 0 Å². The number of phenolic OH excluding ortho intramolecular Hbond substituents is 2. The Morgan fingerprint density at radius 3 is 2.63 bits per heavy atom. The SMILES string of the molecule is COc1cccc2c1O[C@H](c1ccc(O)cc1)N1N=C(c3cc(C)ccc3O)C[C@@H]21. The zero-order valence-corrected chi connectivity index (χ0v) is 16.7. The predicted molar refractivity (Wildman–Crippen MR) is 113 cm³/mol. The highest BCUT2D eigenvalue weighted by atomic mass is 16.5. The van der Waals surface area contributed by atoms with Crippen molar-refractivity contribution < 1.29 is 19.7 Å². The third-order valence-electron chi connectivity index (χ3n) is 5.64. The van der Waals surface area contributed by atoms with E-state index in [9.17, 15) is 10.2 Å². The van der Waals surface area contributed by atoms with Gasteiger partial charge in [-0.05, 0) is 49.4 Å². The molecule has 0 unspecified atom stereocenters. The lowest BCUT2D eigenvalue weighted by atomic mass is 9.94. The molecule has 2 heterocycles. The van der Waals surface area contributed by atoms with Gasteiger partial charge in [0, 0.05) is 23.1 Å². The Kier molecular flexibility index (Phi) is 4.28. The number of methoxy groups -OCH3 is 1. The van der Waals surface area contributed by atoms with Crippen LogP contribution in [0.5, 0.6) is 23.0 Å². The number of aromatic hydroxyl groups is 2. The van der Waals surface area contributed by atoms with Crippen LogP contribution in [-0.2, 0) is 0 Å². The molecule has 3 aromatic carbocycles. The molecule has 2 aliphatic rings. The first-order valence-electron chi connectivity index (χ1n) is 9.83. The second kappa shape index (κ2) is 6.99. The fraction of sp³-hybridized carbons (Fsp3) is 0.208. The number of benzene rings is 3. The number of ether oxygens (including phenoxy) is 2. The summed E-state index contributed by atoms with van der Waals surface area (Å²) in [6.07, 6.45) is 0.152. The Morgan fingerprint density at radius 1 is 1.07 bits per heavy atom. The third-order valence-corrected chi connectivity index (χ3v) is 5.64. The first-order chi connectivity index (χ1) is 14.5. The molecule has 0 aromatic heterocycles. The minimum atomic E-state index is -0.483. The van der Waals surface area contributed by atoms with E-state index in [0.717, 1.165) is 28.0 Å². The third kappa shape index (κ3) is 2.92. The molecule has 0 spiro atoms. The number of para-hydroxylation sites is 1. The number of aryl methyl sites for hydroxylation is 1. The Morgan fingerprint density at radius 2 is 1.87 bits per heavy atom. The minimum absolute atomic E-state index is 0.0578. The predicted octanol–water partition coefficient (Wildman–Crippen LogP) is 4.66. The lowest BCUT2D eigenvalue weighted by Gasteiger charge is -2.38. The van der Waals surface area contributed by atoms with Crippen LogP contribution in [0.25, 0.3) is 0 Å². The van der Waals surface area contributed by atoms with Crippen molar-refractivity contribution in [3.05, 3.63) is 82.9 Å². The average molecular weight is 402 g/mol. The molecular formula is C24H22N2O4. The molecular weight excluding hydrogens is 380 g/mol. The minimum Gasteiger partial charge on any atom is -0.508 e. The normalized spacial score (nSPS) is 19.5. The van der Waals surface area contributed by atoms with Crippen molar-refractivity contribution in [3.8, 4) is 23.0 Å². The van der Waals surface area contributed by atoms with Crippen molar-refractivity contribution in [2.75, 3.05) is 7.11 Å². The van der Waals surface area contributed by atoms with Gasteiger partial charge in [0.15, 0.2) is 11.5 Å². The topological polar surface area (TPSA) is 74.5 Å². The van der Waals surface area contributed by atoms with E-state index in [0.29, 0.717) is 17.9 Å². The monoisotopic (exact) mass is 402 g/mol. The van der Waals surface area contributed by atoms with E-state index in [-0.39, 0.29) is 17.5 Å². The summed E-state index contributed by atoms with van der Waals surface area (Å²) in [5.41, 5.74) is 4.47. The second-order valence-electron chi connectivity index (χ2n) is 7.61. The summed E-state index contributed by atoms with van der Waals surface area (Å²) in [7, 11) is 1.63. The molecule has 152 valence electrons. The van der Waals surface area contributed by atoms with E-state index in [1.54, 1.807) is 25.3 Å². The lowest BCUT2D eigenvalue weighted by Crippen LogP contribution is -2.33. The molecule has 2 N–H and O–H groups in total. The molecule has 0 saturated carbocycles. The number of hydrazone groups is 1. The smallest absolute Gasteiger partial charge is 0.214 e. The van der Waals surface area contributed by atoms with E-state index in [1.807, 2.05) is 54.4 Å². The van der Waals surface area contributed by atoms with E-state index in [2.05, 4.69) is 0 Å². The molecule has 0 aliphatic carbocycles. The first kappa shape index (κ1) is 18.4. The number of hydrogen-bond donors (Lipinski definition) is 2. The van der Waals surface area contributed by atoms with Crippen molar-refractivity contribution in [3.63, 3.8) is 0 Å². The number of nitrogens with zero attached hydrogens (tertiary/aromatic N) is 2. The van der Waals surface area contributed by atoms with E-state index in [1.165, 1.54) is 0 Å². The molecule has 0 saturated heterocycles. The summed E-state index contributed by atoms with van der Waals surface area (Å²) in [4.78, 5) is 0.